The van der Waals surface area contributed by atoms with Crippen LogP contribution in [0.1, 0.15) is 31.0 Å². The van der Waals surface area contributed by atoms with Crippen LogP contribution in [0.5, 0.6) is 0 Å². The van der Waals surface area contributed by atoms with Gasteiger partial charge in [0.15, 0.2) is 0 Å². The van der Waals surface area contributed by atoms with Gasteiger partial charge in [0.2, 0.25) is 0 Å². The molecule has 0 spiro atoms. The molecule has 0 amide bonds. The Labute approximate surface area is 134 Å². The molecule has 2 rings (SSSR count). The quantitative estimate of drug-likeness (QED) is 0.761. The number of hydrogen-bond acceptors (Lipinski definition) is 1. The molecule has 0 aliphatic carbocycles. The molecule has 3 heteroatoms. The normalized spacial score (nSPS) is 14.0. The molecule has 0 radical (unpaired) electrons. The van der Waals surface area contributed by atoms with Crippen molar-refractivity contribution in [2.24, 2.45) is 0 Å². The number of benzene rings is 2. The van der Waals surface area contributed by atoms with Gasteiger partial charge in [-0.05, 0) is 49.6 Å². The van der Waals surface area contributed by atoms with Gasteiger partial charge >= 0.3 is 0 Å². The minimum atomic E-state index is 0.310. The highest BCUT2D eigenvalue weighted by Gasteiger charge is 2.11. The van der Waals surface area contributed by atoms with Gasteiger partial charge in [0.1, 0.15) is 0 Å². The molecular weight excluding hydrogens is 334 g/mol. The lowest BCUT2D eigenvalue weighted by Crippen LogP contribution is -2.30. The largest absolute Gasteiger partial charge is 0.307 e. The smallest absolute Gasteiger partial charge is 0.0438 e. The van der Waals surface area contributed by atoms with Crippen molar-refractivity contribution in [2.75, 3.05) is 0 Å². The Bertz CT molecular complexity index is 570. The molecule has 0 aliphatic heterocycles. The molecule has 106 valence electrons. The van der Waals surface area contributed by atoms with Gasteiger partial charge in [-0.15, -0.1) is 0 Å². The first kappa shape index (κ1) is 15.6. The fourth-order valence-electron chi connectivity index (χ4n) is 2.35. The summed E-state index contributed by atoms with van der Waals surface area (Å²) in [6, 6.07) is 17.1. The van der Waals surface area contributed by atoms with E-state index in [9.17, 15) is 0 Å². The highest BCUT2D eigenvalue weighted by molar-refractivity contribution is 9.10. The van der Waals surface area contributed by atoms with E-state index in [2.05, 4.69) is 59.4 Å². The first-order chi connectivity index (χ1) is 9.56. The molecule has 1 N–H and O–H groups in total. The van der Waals surface area contributed by atoms with Crippen LogP contribution in [0, 0.1) is 0 Å². The van der Waals surface area contributed by atoms with Crippen LogP contribution in [0.3, 0.4) is 0 Å². The van der Waals surface area contributed by atoms with Crippen molar-refractivity contribution in [3.63, 3.8) is 0 Å². The predicted octanol–water partition coefficient (Wildman–Crippen LogP) is 5.38. The molecule has 20 heavy (non-hydrogen) atoms. The number of nitrogens with one attached hydrogen (secondary N) is 1. The number of rotatable bonds is 5. The van der Waals surface area contributed by atoms with E-state index in [1.54, 1.807) is 0 Å². The molecule has 0 saturated carbocycles. The van der Waals surface area contributed by atoms with Crippen LogP contribution in [0.15, 0.2) is 53.0 Å². The summed E-state index contributed by atoms with van der Waals surface area (Å²) in [6.07, 6.45) is 0.929. The maximum Gasteiger partial charge on any atom is 0.0438 e. The minimum Gasteiger partial charge on any atom is -0.307 e. The second-order valence-electron chi connectivity index (χ2n) is 5.14. The molecule has 1 nitrogen and oxygen atoms in total. The monoisotopic (exact) mass is 351 g/mol. The lowest BCUT2D eigenvalue weighted by Gasteiger charge is -2.21. The van der Waals surface area contributed by atoms with E-state index in [0.29, 0.717) is 12.1 Å². The van der Waals surface area contributed by atoms with E-state index < -0.39 is 0 Å². The standard InChI is InChI=1S/C17H19BrClN/c1-12(10-15-6-3-4-9-17(15)19)20-13(2)14-7-5-8-16(18)11-14/h3-9,11-13,20H,10H2,1-2H3. The summed E-state index contributed by atoms with van der Waals surface area (Å²) in [6.45, 7) is 4.38. The molecule has 0 bridgehead atoms. The van der Waals surface area contributed by atoms with Crippen LogP contribution < -0.4 is 5.32 Å². The first-order valence-electron chi connectivity index (χ1n) is 6.81. The van der Waals surface area contributed by atoms with E-state index in [1.165, 1.54) is 11.1 Å². The van der Waals surface area contributed by atoms with Gasteiger partial charge in [0.25, 0.3) is 0 Å². The number of halogens is 2. The lowest BCUT2D eigenvalue weighted by atomic mass is 10.0. The average molecular weight is 353 g/mol. The Morgan fingerprint density at radius 2 is 1.85 bits per heavy atom. The van der Waals surface area contributed by atoms with Crippen LogP contribution in [0.2, 0.25) is 5.02 Å². The highest BCUT2D eigenvalue weighted by atomic mass is 79.9. The summed E-state index contributed by atoms with van der Waals surface area (Å²) in [4.78, 5) is 0. The van der Waals surface area contributed by atoms with Gasteiger partial charge in [0.05, 0.1) is 0 Å². The zero-order valence-electron chi connectivity index (χ0n) is 11.7. The fraction of sp³-hybridized carbons (Fsp3) is 0.294. The van der Waals surface area contributed by atoms with Gasteiger partial charge in [-0.1, -0.05) is 57.9 Å². The molecule has 2 atom stereocenters. The number of hydrogen-bond donors (Lipinski definition) is 1. The summed E-state index contributed by atoms with van der Waals surface area (Å²) < 4.78 is 1.11. The molecule has 2 unspecified atom stereocenters. The minimum absolute atomic E-state index is 0.310. The molecule has 0 aliphatic rings. The van der Waals surface area contributed by atoms with Crippen LogP contribution >= 0.6 is 27.5 Å². The summed E-state index contributed by atoms with van der Waals surface area (Å²) in [5.41, 5.74) is 2.47. The zero-order chi connectivity index (χ0) is 14.5. The molecule has 2 aromatic rings. The van der Waals surface area contributed by atoms with E-state index in [1.807, 2.05) is 24.3 Å². The van der Waals surface area contributed by atoms with E-state index in [4.69, 9.17) is 11.6 Å². The lowest BCUT2D eigenvalue weighted by molar-refractivity contribution is 0.477. The SMILES string of the molecule is CC(Cc1ccccc1Cl)NC(C)c1cccc(Br)c1. The summed E-state index contributed by atoms with van der Waals surface area (Å²) in [5, 5.41) is 4.46. The molecular formula is C17H19BrClN. The second-order valence-corrected chi connectivity index (χ2v) is 6.46. The Morgan fingerprint density at radius 1 is 1.10 bits per heavy atom. The third kappa shape index (κ3) is 4.34. The maximum absolute atomic E-state index is 6.21. The second kappa shape index (κ2) is 7.26. The molecule has 0 aromatic heterocycles. The Morgan fingerprint density at radius 3 is 2.55 bits per heavy atom. The Kier molecular flexibility index (Phi) is 5.64. The van der Waals surface area contributed by atoms with Crippen molar-refractivity contribution in [2.45, 2.75) is 32.4 Å². The van der Waals surface area contributed by atoms with Gasteiger partial charge in [-0.25, -0.2) is 0 Å². The van der Waals surface area contributed by atoms with Crippen LogP contribution in [-0.4, -0.2) is 6.04 Å². The summed E-state index contributed by atoms with van der Waals surface area (Å²) in [5.74, 6) is 0. The van der Waals surface area contributed by atoms with Crippen LogP contribution in [-0.2, 0) is 6.42 Å². The van der Waals surface area contributed by atoms with Crippen LogP contribution in [0.25, 0.3) is 0 Å². The Hall–Kier alpha value is -0.830. The third-order valence-electron chi connectivity index (χ3n) is 3.37. The van der Waals surface area contributed by atoms with E-state index in [-0.39, 0.29) is 0 Å². The van der Waals surface area contributed by atoms with Gasteiger partial charge in [-0.2, -0.15) is 0 Å². The zero-order valence-corrected chi connectivity index (χ0v) is 14.1. The third-order valence-corrected chi connectivity index (χ3v) is 4.23. The van der Waals surface area contributed by atoms with Crippen molar-refractivity contribution < 1.29 is 0 Å². The summed E-state index contributed by atoms with van der Waals surface area (Å²) >= 11 is 9.72. The highest BCUT2D eigenvalue weighted by Crippen LogP contribution is 2.20. The van der Waals surface area contributed by atoms with Crippen molar-refractivity contribution in [1.29, 1.82) is 0 Å². The van der Waals surface area contributed by atoms with Crippen molar-refractivity contribution in [3.8, 4) is 0 Å². The maximum atomic E-state index is 6.21. The van der Waals surface area contributed by atoms with Crippen molar-refractivity contribution in [1.82, 2.24) is 5.32 Å². The molecule has 2 aromatic carbocycles. The van der Waals surface area contributed by atoms with E-state index in [0.717, 1.165) is 15.9 Å². The molecule has 0 saturated heterocycles. The fourth-order valence-corrected chi connectivity index (χ4v) is 2.98. The average Bonchev–Trinajstić information content (AvgIpc) is 2.41. The Balaban J connectivity index is 1.98. The molecule has 0 heterocycles. The summed E-state index contributed by atoms with van der Waals surface area (Å²) in [7, 11) is 0. The van der Waals surface area contributed by atoms with Gasteiger partial charge < -0.3 is 5.32 Å². The molecule has 0 fully saturated rings. The topological polar surface area (TPSA) is 12.0 Å². The first-order valence-corrected chi connectivity index (χ1v) is 7.98. The predicted molar refractivity (Wildman–Crippen MR) is 90.3 cm³/mol. The van der Waals surface area contributed by atoms with Gasteiger partial charge in [-0.3, -0.25) is 0 Å². The van der Waals surface area contributed by atoms with Crippen LogP contribution in [0.4, 0.5) is 0 Å². The van der Waals surface area contributed by atoms with Crippen molar-refractivity contribution >= 4 is 27.5 Å². The van der Waals surface area contributed by atoms with Gasteiger partial charge in [0, 0.05) is 21.6 Å². The van der Waals surface area contributed by atoms with Crippen molar-refractivity contribution in [3.05, 3.63) is 69.2 Å². The van der Waals surface area contributed by atoms with E-state index >= 15 is 0 Å².